The van der Waals surface area contributed by atoms with Crippen molar-refractivity contribution in [1.82, 2.24) is 4.90 Å². The van der Waals surface area contributed by atoms with E-state index in [9.17, 15) is 5.11 Å². The van der Waals surface area contributed by atoms with Crippen molar-refractivity contribution in [2.75, 3.05) is 19.7 Å². The van der Waals surface area contributed by atoms with Crippen molar-refractivity contribution in [1.29, 1.82) is 0 Å². The number of ether oxygens (including phenoxy) is 1. The van der Waals surface area contributed by atoms with Crippen LogP contribution in [0.2, 0.25) is 0 Å². The van der Waals surface area contributed by atoms with Gasteiger partial charge in [-0.1, -0.05) is 30.7 Å². The molecule has 1 fully saturated rings. The molecule has 1 aromatic carbocycles. The van der Waals surface area contributed by atoms with Gasteiger partial charge in [0, 0.05) is 19.1 Å². The third-order valence-corrected chi connectivity index (χ3v) is 4.26. The molecule has 3 heteroatoms. The van der Waals surface area contributed by atoms with Crippen molar-refractivity contribution in [2.24, 2.45) is 0 Å². The fourth-order valence-electron chi connectivity index (χ4n) is 2.76. The Balaban J connectivity index is 2.11. The van der Waals surface area contributed by atoms with E-state index in [4.69, 9.17) is 4.74 Å². The number of aliphatic hydroxyl groups is 1. The van der Waals surface area contributed by atoms with Gasteiger partial charge in [0.05, 0.1) is 18.8 Å². The van der Waals surface area contributed by atoms with Crippen LogP contribution in [0.3, 0.4) is 0 Å². The molecule has 0 bridgehead atoms. The molecule has 0 spiro atoms. The van der Waals surface area contributed by atoms with E-state index < -0.39 is 0 Å². The van der Waals surface area contributed by atoms with Crippen LogP contribution in [0.5, 0.6) is 0 Å². The molecule has 0 radical (unpaired) electrons. The second-order valence-electron chi connectivity index (χ2n) is 6.05. The first-order chi connectivity index (χ1) is 9.51. The summed E-state index contributed by atoms with van der Waals surface area (Å²) in [5, 5.41) is 9.90. The molecule has 0 aliphatic carbocycles. The van der Waals surface area contributed by atoms with E-state index in [1.165, 1.54) is 16.7 Å². The van der Waals surface area contributed by atoms with Gasteiger partial charge in [-0.3, -0.25) is 4.90 Å². The molecule has 3 atom stereocenters. The Kier molecular flexibility index (Phi) is 5.19. The second kappa shape index (κ2) is 6.70. The largest absolute Gasteiger partial charge is 0.392 e. The lowest BCUT2D eigenvalue weighted by atomic mass is 9.98. The zero-order valence-electron chi connectivity index (χ0n) is 13.1. The number of nitrogens with zero attached hydrogens (tertiary/aromatic N) is 1. The van der Waals surface area contributed by atoms with Crippen LogP contribution in [-0.2, 0) is 4.74 Å². The normalized spacial score (nSPS) is 25.6. The van der Waals surface area contributed by atoms with Gasteiger partial charge in [-0.2, -0.15) is 0 Å². The molecule has 0 saturated carbocycles. The van der Waals surface area contributed by atoms with Crippen molar-refractivity contribution in [3.05, 3.63) is 34.9 Å². The minimum absolute atomic E-state index is 0.121. The maximum Gasteiger partial charge on any atom is 0.0955 e. The number of rotatable bonds is 4. The molecule has 2 rings (SSSR count). The number of aliphatic hydroxyl groups excluding tert-OH is 1. The monoisotopic (exact) mass is 277 g/mol. The molecule has 1 aliphatic rings. The first kappa shape index (κ1) is 15.5. The minimum atomic E-state index is -0.241. The van der Waals surface area contributed by atoms with Gasteiger partial charge in [0.25, 0.3) is 0 Å². The van der Waals surface area contributed by atoms with Gasteiger partial charge in [0.15, 0.2) is 0 Å². The van der Waals surface area contributed by atoms with E-state index in [2.05, 4.69) is 43.9 Å². The molecule has 3 nitrogen and oxygen atoms in total. The topological polar surface area (TPSA) is 32.7 Å². The van der Waals surface area contributed by atoms with Crippen LogP contribution in [0.4, 0.5) is 0 Å². The van der Waals surface area contributed by atoms with Crippen LogP contribution in [0.15, 0.2) is 18.2 Å². The molecule has 1 aliphatic heterocycles. The molecule has 1 N–H and O–H groups in total. The highest BCUT2D eigenvalue weighted by molar-refractivity contribution is 5.32. The first-order valence-corrected chi connectivity index (χ1v) is 7.62. The van der Waals surface area contributed by atoms with E-state index in [1.54, 1.807) is 0 Å². The number of hydrogen-bond acceptors (Lipinski definition) is 3. The summed E-state index contributed by atoms with van der Waals surface area (Å²) in [5.41, 5.74) is 3.84. The summed E-state index contributed by atoms with van der Waals surface area (Å²) in [4.78, 5) is 2.35. The number of benzene rings is 1. The third kappa shape index (κ3) is 3.60. The average Bonchev–Trinajstić information content (AvgIpc) is 2.44. The maximum atomic E-state index is 9.90. The lowest BCUT2D eigenvalue weighted by Crippen LogP contribution is -2.48. The van der Waals surface area contributed by atoms with Crippen LogP contribution < -0.4 is 0 Å². The lowest BCUT2D eigenvalue weighted by Gasteiger charge is -2.39. The van der Waals surface area contributed by atoms with Gasteiger partial charge in [-0.15, -0.1) is 0 Å². The number of hydrogen-bond donors (Lipinski definition) is 1. The van der Waals surface area contributed by atoms with E-state index >= 15 is 0 Å². The lowest BCUT2D eigenvalue weighted by molar-refractivity contribution is -0.0716. The summed E-state index contributed by atoms with van der Waals surface area (Å²) < 4.78 is 6.03. The Hall–Kier alpha value is -0.900. The summed E-state index contributed by atoms with van der Waals surface area (Å²) in [6.07, 6.45) is 0.683. The predicted molar refractivity (Wildman–Crippen MR) is 81.9 cm³/mol. The van der Waals surface area contributed by atoms with Crippen molar-refractivity contribution in [3.63, 3.8) is 0 Å². The summed E-state index contributed by atoms with van der Waals surface area (Å²) in [7, 11) is 0. The molecular weight excluding hydrogens is 250 g/mol. The van der Waals surface area contributed by atoms with Gasteiger partial charge in [0.1, 0.15) is 0 Å². The number of morpholine rings is 1. The van der Waals surface area contributed by atoms with Gasteiger partial charge >= 0.3 is 0 Å². The Labute approximate surface area is 122 Å². The highest BCUT2D eigenvalue weighted by Gasteiger charge is 2.28. The van der Waals surface area contributed by atoms with E-state index in [-0.39, 0.29) is 12.2 Å². The summed E-state index contributed by atoms with van der Waals surface area (Å²) in [6, 6.07) is 6.91. The van der Waals surface area contributed by atoms with Crippen LogP contribution >= 0.6 is 0 Å². The quantitative estimate of drug-likeness (QED) is 0.918. The highest BCUT2D eigenvalue weighted by Crippen LogP contribution is 2.28. The van der Waals surface area contributed by atoms with E-state index in [0.29, 0.717) is 6.04 Å². The average molecular weight is 277 g/mol. The summed E-state index contributed by atoms with van der Waals surface area (Å²) >= 11 is 0. The Bertz CT molecular complexity index is 447. The molecule has 112 valence electrons. The maximum absolute atomic E-state index is 9.90. The molecule has 2 unspecified atom stereocenters. The molecule has 1 aromatic rings. The van der Waals surface area contributed by atoms with Crippen LogP contribution in [0.25, 0.3) is 0 Å². The first-order valence-electron chi connectivity index (χ1n) is 7.62. The molecule has 1 heterocycles. The van der Waals surface area contributed by atoms with Gasteiger partial charge < -0.3 is 9.84 Å². The van der Waals surface area contributed by atoms with E-state index in [1.807, 2.05) is 6.92 Å². The summed E-state index contributed by atoms with van der Waals surface area (Å²) in [5.74, 6) is 0. The number of aryl methyl sites for hydroxylation is 2. The Morgan fingerprint density at radius 2 is 2.15 bits per heavy atom. The summed E-state index contributed by atoms with van der Waals surface area (Å²) in [6.45, 7) is 10.8. The molecular formula is C17H27NO2. The van der Waals surface area contributed by atoms with Crippen molar-refractivity contribution >= 4 is 0 Å². The highest BCUT2D eigenvalue weighted by atomic mass is 16.5. The fraction of sp³-hybridized carbons (Fsp3) is 0.647. The third-order valence-electron chi connectivity index (χ3n) is 4.26. The fourth-order valence-corrected chi connectivity index (χ4v) is 2.76. The second-order valence-corrected chi connectivity index (χ2v) is 6.05. The minimum Gasteiger partial charge on any atom is -0.392 e. The molecule has 0 amide bonds. The van der Waals surface area contributed by atoms with Gasteiger partial charge in [-0.25, -0.2) is 0 Å². The van der Waals surface area contributed by atoms with E-state index in [0.717, 1.165) is 26.1 Å². The zero-order valence-corrected chi connectivity index (χ0v) is 13.1. The van der Waals surface area contributed by atoms with Gasteiger partial charge in [0.2, 0.25) is 0 Å². The molecule has 20 heavy (non-hydrogen) atoms. The molecule has 1 saturated heterocycles. The van der Waals surface area contributed by atoms with Crippen molar-refractivity contribution < 1.29 is 9.84 Å². The Morgan fingerprint density at radius 1 is 1.40 bits per heavy atom. The number of β-amino-alcohol motifs (C(OH)–C–C–N with tert-alkyl or cyclic N) is 1. The van der Waals surface area contributed by atoms with Crippen LogP contribution in [0, 0.1) is 13.8 Å². The zero-order chi connectivity index (χ0) is 14.7. The SMILES string of the molecule is CC[C@@H](O)CN1CC(c2cc(C)ccc2C)OCC1C. The van der Waals surface area contributed by atoms with Gasteiger partial charge in [-0.05, 0) is 38.3 Å². The van der Waals surface area contributed by atoms with Crippen LogP contribution in [-0.4, -0.2) is 41.8 Å². The smallest absolute Gasteiger partial charge is 0.0955 e. The standard InChI is InChI=1S/C17H27NO2/c1-5-15(19)9-18-10-17(20-11-14(18)4)16-8-12(2)6-7-13(16)3/h6-8,14-15,17,19H,5,9-11H2,1-4H3/t14?,15-,17?/m1/s1. The van der Waals surface area contributed by atoms with Crippen molar-refractivity contribution in [3.8, 4) is 0 Å². The Morgan fingerprint density at radius 3 is 2.85 bits per heavy atom. The van der Waals surface area contributed by atoms with Crippen LogP contribution in [0.1, 0.15) is 43.1 Å². The predicted octanol–water partition coefficient (Wildman–Crippen LogP) is 2.84. The molecule has 0 aromatic heterocycles. The van der Waals surface area contributed by atoms with Crippen molar-refractivity contribution in [2.45, 2.75) is 52.4 Å².